The zero-order chi connectivity index (χ0) is 9.84. The fourth-order valence-electron chi connectivity index (χ4n) is 1.29. The summed E-state index contributed by atoms with van der Waals surface area (Å²) in [7, 11) is 0. The highest BCUT2D eigenvalue weighted by molar-refractivity contribution is 5.77. The molecular formula is C10H20N2O. The Balaban J connectivity index is 2.16. The van der Waals surface area contributed by atoms with Crippen molar-refractivity contribution in [3.63, 3.8) is 0 Å². The molecule has 0 spiro atoms. The van der Waals surface area contributed by atoms with Gasteiger partial charge < -0.3 is 11.1 Å². The number of hydrogen-bond donors (Lipinski definition) is 2. The van der Waals surface area contributed by atoms with Crippen molar-refractivity contribution in [2.24, 2.45) is 11.7 Å². The quantitative estimate of drug-likeness (QED) is 0.685. The molecule has 3 nitrogen and oxygen atoms in total. The lowest BCUT2D eigenvalue weighted by atomic mass is 9.92. The zero-order valence-corrected chi connectivity index (χ0v) is 8.55. The van der Waals surface area contributed by atoms with Crippen molar-refractivity contribution in [1.82, 2.24) is 5.32 Å². The Morgan fingerprint density at radius 1 is 1.54 bits per heavy atom. The number of rotatable bonds is 4. The van der Waals surface area contributed by atoms with E-state index in [0.29, 0.717) is 18.4 Å². The number of hydrogen-bond acceptors (Lipinski definition) is 2. The van der Waals surface area contributed by atoms with Crippen LogP contribution in [0.2, 0.25) is 0 Å². The molecule has 1 atom stereocenters. The lowest BCUT2D eigenvalue weighted by Gasteiger charge is -2.27. The summed E-state index contributed by atoms with van der Waals surface area (Å²) in [4.78, 5) is 11.4. The topological polar surface area (TPSA) is 55.1 Å². The molecule has 0 aromatic carbocycles. The van der Waals surface area contributed by atoms with Crippen molar-refractivity contribution in [3.8, 4) is 0 Å². The van der Waals surface area contributed by atoms with Crippen LogP contribution in [-0.2, 0) is 4.79 Å². The molecule has 1 unspecified atom stereocenters. The Bertz CT molecular complexity index is 176. The second-order valence-corrected chi connectivity index (χ2v) is 4.31. The summed E-state index contributed by atoms with van der Waals surface area (Å²) in [5, 5.41) is 2.98. The van der Waals surface area contributed by atoms with Gasteiger partial charge in [0.15, 0.2) is 0 Å². The fraction of sp³-hybridized carbons (Fsp3) is 0.900. The first-order valence-electron chi connectivity index (χ1n) is 5.14. The molecule has 1 amide bonds. The maximum atomic E-state index is 11.4. The molecule has 0 aromatic heterocycles. The summed E-state index contributed by atoms with van der Waals surface area (Å²) in [5.74, 6) is 0.498. The number of nitrogens with two attached hydrogens (primary N) is 1. The average molecular weight is 184 g/mol. The maximum Gasteiger partial charge on any atom is 0.221 e. The van der Waals surface area contributed by atoms with Gasteiger partial charge in [-0.1, -0.05) is 13.8 Å². The van der Waals surface area contributed by atoms with E-state index in [1.54, 1.807) is 0 Å². The Labute approximate surface area is 80.1 Å². The van der Waals surface area contributed by atoms with E-state index in [9.17, 15) is 4.79 Å². The Hall–Kier alpha value is -0.570. The van der Waals surface area contributed by atoms with Crippen molar-refractivity contribution in [2.45, 2.75) is 51.6 Å². The summed E-state index contributed by atoms with van der Waals surface area (Å²) in [5.41, 5.74) is 5.79. The van der Waals surface area contributed by atoms with Gasteiger partial charge in [-0.25, -0.2) is 0 Å². The van der Waals surface area contributed by atoms with Crippen molar-refractivity contribution in [2.75, 3.05) is 0 Å². The molecule has 0 radical (unpaired) electrons. The molecule has 0 saturated heterocycles. The van der Waals surface area contributed by atoms with E-state index < -0.39 is 0 Å². The van der Waals surface area contributed by atoms with Crippen LogP contribution in [0, 0.1) is 5.92 Å². The van der Waals surface area contributed by atoms with Gasteiger partial charge >= 0.3 is 0 Å². The lowest BCUT2D eigenvalue weighted by molar-refractivity contribution is -0.122. The van der Waals surface area contributed by atoms with Gasteiger partial charge in [-0.3, -0.25) is 4.79 Å². The molecule has 0 aromatic rings. The van der Waals surface area contributed by atoms with Crippen LogP contribution in [-0.4, -0.2) is 18.0 Å². The third-order valence-electron chi connectivity index (χ3n) is 2.75. The third kappa shape index (κ3) is 3.35. The van der Waals surface area contributed by atoms with Gasteiger partial charge in [0.25, 0.3) is 0 Å². The highest BCUT2D eigenvalue weighted by Crippen LogP contribution is 2.18. The smallest absolute Gasteiger partial charge is 0.221 e. The molecule has 0 aliphatic heterocycles. The van der Waals surface area contributed by atoms with Crippen molar-refractivity contribution in [1.29, 1.82) is 0 Å². The van der Waals surface area contributed by atoms with Crippen molar-refractivity contribution in [3.05, 3.63) is 0 Å². The molecule has 1 fully saturated rings. The summed E-state index contributed by atoms with van der Waals surface area (Å²) in [6, 6.07) is 0.437. The van der Waals surface area contributed by atoms with Crippen LogP contribution in [0.25, 0.3) is 0 Å². The van der Waals surface area contributed by atoms with Gasteiger partial charge in [0.2, 0.25) is 5.91 Å². The first-order valence-corrected chi connectivity index (χ1v) is 5.14. The van der Waals surface area contributed by atoms with Gasteiger partial charge in [-0.2, -0.15) is 0 Å². The van der Waals surface area contributed by atoms with Crippen LogP contribution in [0.3, 0.4) is 0 Å². The van der Waals surface area contributed by atoms with Crippen LogP contribution >= 0.6 is 0 Å². The number of carbonyl (C=O) groups excluding carboxylic acids is 1. The van der Waals surface area contributed by atoms with Gasteiger partial charge in [0.05, 0.1) is 0 Å². The molecule has 13 heavy (non-hydrogen) atoms. The predicted molar refractivity (Wildman–Crippen MR) is 53.2 cm³/mol. The highest BCUT2D eigenvalue weighted by atomic mass is 16.1. The monoisotopic (exact) mass is 184 g/mol. The van der Waals surface area contributed by atoms with Gasteiger partial charge in [0.1, 0.15) is 0 Å². The van der Waals surface area contributed by atoms with Crippen molar-refractivity contribution >= 4 is 5.91 Å². The third-order valence-corrected chi connectivity index (χ3v) is 2.75. The molecule has 1 saturated carbocycles. The van der Waals surface area contributed by atoms with Gasteiger partial charge in [-0.15, -0.1) is 0 Å². The van der Waals surface area contributed by atoms with Crippen molar-refractivity contribution < 1.29 is 4.79 Å². The summed E-state index contributed by atoms with van der Waals surface area (Å²) >= 11 is 0. The second kappa shape index (κ2) is 4.61. The zero-order valence-electron chi connectivity index (χ0n) is 8.55. The van der Waals surface area contributed by atoms with Crippen LogP contribution in [0.5, 0.6) is 0 Å². The number of carbonyl (C=O) groups is 1. The molecule has 1 aliphatic rings. The number of amides is 1. The molecule has 76 valence electrons. The molecule has 3 N–H and O–H groups in total. The first-order chi connectivity index (χ1) is 6.09. The van der Waals surface area contributed by atoms with E-state index in [4.69, 9.17) is 5.73 Å². The highest BCUT2D eigenvalue weighted by Gasteiger charge is 2.20. The number of nitrogens with one attached hydrogen (secondary N) is 1. The minimum absolute atomic E-state index is 0.0000709. The standard InChI is InChI=1S/C10H20N2O/c1-7(2)9(11)6-10(13)12-8-4-3-5-8/h7-9H,3-6,11H2,1-2H3,(H,12,13). The second-order valence-electron chi connectivity index (χ2n) is 4.31. The molecule has 3 heteroatoms. The summed E-state index contributed by atoms with van der Waals surface area (Å²) in [6.45, 7) is 4.09. The first kappa shape index (κ1) is 10.5. The van der Waals surface area contributed by atoms with Crippen LogP contribution in [0.15, 0.2) is 0 Å². The Morgan fingerprint density at radius 2 is 2.15 bits per heavy atom. The van der Waals surface area contributed by atoms with E-state index in [1.165, 1.54) is 6.42 Å². The fourth-order valence-corrected chi connectivity index (χ4v) is 1.29. The Morgan fingerprint density at radius 3 is 2.54 bits per heavy atom. The SMILES string of the molecule is CC(C)C(N)CC(=O)NC1CCC1. The average Bonchev–Trinajstić information content (AvgIpc) is 1.96. The van der Waals surface area contributed by atoms with Crippen LogP contribution in [0.1, 0.15) is 39.5 Å². The normalized spacial score (nSPS) is 19.7. The van der Waals surface area contributed by atoms with E-state index in [2.05, 4.69) is 5.32 Å². The molecule has 1 aliphatic carbocycles. The summed E-state index contributed by atoms with van der Waals surface area (Å²) in [6.07, 6.45) is 4.00. The molecule has 0 bridgehead atoms. The van der Waals surface area contributed by atoms with E-state index in [1.807, 2.05) is 13.8 Å². The van der Waals surface area contributed by atoms with E-state index in [0.717, 1.165) is 12.8 Å². The van der Waals surface area contributed by atoms with Gasteiger partial charge in [-0.05, 0) is 25.2 Å². The van der Waals surface area contributed by atoms with Crippen LogP contribution < -0.4 is 11.1 Å². The van der Waals surface area contributed by atoms with Crippen LogP contribution in [0.4, 0.5) is 0 Å². The van der Waals surface area contributed by atoms with E-state index in [-0.39, 0.29) is 11.9 Å². The largest absolute Gasteiger partial charge is 0.353 e. The lowest BCUT2D eigenvalue weighted by Crippen LogP contribution is -2.42. The summed E-state index contributed by atoms with van der Waals surface area (Å²) < 4.78 is 0. The predicted octanol–water partition coefficient (Wildman–Crippen LogP) is 1.03. The molecular weight excluding hydrogens is 164 g/mol. The van der Waals surface area contributed by atoms with E-state index >= 15 is 0 Å². The Kier molecular flexibility index (Phi) is 3.72. The minimum atomic E-state index is 0.0000709. The molecule has 0 heterocycles. The molecule has 1 rings (SSSR count). The minimum Gasteiger partial charge on any atom is -0.353 e. The van der Waals surface area contributed by atoms with Gasteiger partial charge in [0, 0.05) is 18.5 Å². The maximum absolute atomic E-state index is 11.4.